The molecule has 0 aliphatic carbocycles. The molecule has 0 aromatic carbocycles. The maximum atomic E-state index is 3.64. The molecule has 15 heavy (non-hydrogen) atoms. The average Bonchev–Trinajstić information content (AvgIpc) is 2.27. The Morgan fingerprint density at radius 1 is 1.40 bits per heavy atom. The highest BCUT2D eigenvalue weighted by molar-refractivity contribution is 7.99. The Morgan fingerprint density at radius 2 is 2.13 bits per heavy atom. The molecule has 1 fully saturated rings. The van der Waals surface area contributed by atoms with Crippen molar-refractivity contribution < 1.29 is 0 Å². The molecule has 1 rings (SSSR count). The van der Waals surface area contributed by atoms with Gasteiger partial charge < -0.3 is 5.32 Å². The third-order valence-electron chi connectivity index (χ3n) is 3.32. The van der Waals surface area contributed by atoms with Crippen molar-refractivity contribution in [3.8, 4) is 0 Å². The summed E-state index contributed by atoms with van der Waals surface area (Å²) in [6.07, 6.45) is 2.50. The van der Waals surface area contributed by atoms with Crippen LogP contribution in [0.15, 0.2) is 0 Å². The predicted octanol–water partition coefficient (Wildman–Crippen LogP) is 2.20. The van der Waals surface area contributed by atoms with Gasteiger partial charge in [0.15, 0.2) is 0 Å². The zero-order valence-corrected chi connectivity index (χ0v) is 11.3. The molecule has 90 valence electrons. The molecule has 1 aliphatic rings. The summed E-state index contributed by atoms with van der Waals surface area (Å²) in [5.74, 6) is 2.63. The Bertz CT molecular complexity index is 160. The second kappa shape index (κ2) is 7.53. The van der Waals surface area contributed by atoms with Gasteiger partial charge in [-0.15, -0.1) is 0 Å². The van der Waals surface area contributed by atoms with Gasteiger partial charge in [0, 0.05) is 43.2 Å². The fraction of sp³-hybridized carbons (Fsp3) is 1.00. The maximum absolute atomic E-state index is 3.64. The Hall–Kier alpha value is 0.270. The summed E-state index contributed by atoms with van der Waals surface area (Å²) in [4.78, 5) is 2.62. The minimum absolute atomic E-state index is 0.722. The fourth-order valence-electron chi connectivity index (χ4n) is 2.08. The summed E-state index contributed by atoms with van der Waals surface area (Å²) in [6.45, 7) is 10.5. The second-order valence-electron chi connectivity index (χ2n) is 4.43. The van der Waals surface area contributed by atoms with Crippen LogP contribution < -0.4 is 5.32 Å². The van der Waals surface area contributed by atoms with E-state index in [-0.39, 0.29) is 0 Å². The van der Waals surface area contributed by atoms with Crippen molar-refractivity contribution in [2.75, 3.05) is 31.1 Å². The maximum Gasteiger partial charge on any atom is 0.0158 e. The van der Waals surface area contributed by atoms with Gasteiger partial charge >= 0.3 is 0 Å². The molecule has 0 bridgehead atoms. The predicted molar refractivity (Wildman–Crippen MR) is 70.7 cm³/mol. The van der Waals surface area contributed by atoms with Crippen molar-refractivity contribution in [1.29, 1.82) is 0 Å². The molecule has 0 aromatic rings. The molecular formula is C12H26N2S. The summed E-state index contributed by atoms with van der Waals surface area (Å²) in [5.41, 5.74) is 0. The lowest BCUT2D eigenvalue weighted by Crippen LogP contribution is -2.45. The van der Waals surface area contributed by atoms with Crippen molar-refractivity contribution in [1.82, 2.24) is 10.2 Å². The number of hydrogen-bond acceptors (Lipinski definition) is 3. The summed E-state index contributed by atoms with van der Waals surface area (Å²) in [7, 11) is 0. The SMILES string of the molecule is CCC(CC)NCCN1CCSCC1C. The van der Waals surface area contributed by atoms with Crippen LogP contribution in [0, 0.1) is 0 Å². The van der Waals surface area contributed by atoms with E-state index in [0.29, 0.717) is 0 Å². The van der Waals surface area contributed by atoms with Gasteiger partial charge in [-0.05, 0) is 19.8 Å². The quantitative estimate of drug-likeness (QED) is 0.753. The van der Waals surface area contributed by atoms with E-state index in [4.69, 9.17) is 0 Å². The second-order valence-corrected chi connectivity index (χ2v) is 5.58. The Morgan fingerprint density at radius 3 is 2.73 bits per heavy atom. The molecule has 1 N–H and O–H groups in total. The van der Waals surface area contributed by atoms with Crippen LogP contribution in [0.25, 0.3) is 0 Å². The average molecular weight is 230 g/mol. The molecule has 1 aliphatic heterocycles. The molecule has 0 radical (unpaired) electrons. The molecule has 2 nitrogen and oxygen atoms in total. The smallest absolute Gasteiger partial charge is 0.0158 e. The molecular weight excluding hydrogens is 204 g/mol. The first-order chi connectivity index (χ1) is 7.27. The number of thioether (sulfide) groups is 1. The number of nitrogens with zero attached hydrogens (tertiary/aromatic N) is 1. The summed E-state index contributed by atoms with van der Waals surface area (Å²) in [6, 6.07) is 1.49. The van der Waals surface area contributed by atoms with E-state index in [9.17, 15) is 0 Å². The highest BCUT2D eigenvalue weighted by atomic mass is 32.2. The molecule has 1 heterocycles. The van der Waals surface area contributed by atoms with Crippen LogP contribution in [0.5, 0.6) is 0 Å². The summed E-state index contributed by atoms with van der Waals surface area (Å²) in [5, 5.41) is 3.64. The largest absolute Gasteiger partial charge is 0.313 e. The van der Waals surface area contributed by atoms with Gasteiger partial charge in [0.05, 0.1) is 0 Å². The van der Waals surface area contributed by atoms with Crippen molar-refractivity contribution in [2.45, 2.75) is 45.7 Å². The van der Waals surface area contributed by atoms with Crippen molar-refractivity contribution >= 4 is 11.8 Å². The van der Waals surface area contributed by atoms with Gasteiger partial charge in [0.2, 0.25) is 0 Å². The number of hydrogen-bond donors (Lipinski definition) is 1. The monoisotopic (exact) mass is 230 g/mol. The van der Waals surface area contributed by atoms with E-state index in [2.05, 4.69) is 42.7 Å². The standard InChI is InChI=1S/C12H26N2S/c1-4-12(5-2)13-6-7-14-8-9-15-10-11(14)3/h11-13H,4-10H2,1-3H3. The van der Waals surface area contributed by atoms with Crippen LogP contribution in [0.2, 0.25) is 0 Å². The Labute approximate surface area is 99.2 Å². The lowest BCUT2D eigenvalue weighted by molar-refractivity contribution is 0.229. The van der Waals surface area contributed by atoms with E-state index >= 15 is 0 Å². The zero-order valence-electron chi connectivity index (χ0n) is 10.5. The van der Waals surface area contributed by atoms with E-state index in [1.165, 1.54) is 37.4 Å². The first-order valence-corrected chi connectivity index (χ1v) is 7.48. The normalized spacial score (nSPS) is 23.6. The third-order valence-corrected chi connectivity index (χ3v) is 4.51. The minimum atomic E-state index is 0.722. The minimum Gasteiger partial charge on any atom is -0.313 e. The Balaban J connectivity index is 2.12. The Kier molecular flexibility index (Phi) is 6.69. The molecule has 3 heteroatoms. The van der Waals surface area contributed by atoms with Gasteiger partial charge in [-0.3, -0.25) is 4.90 Å². The molecule has 0 aromatic heterocycles. The summed E-state index contributed by atoms with van der Waals surface area (Å²) < 4.78 is 0. The first-order valence-electron chi connectivity index (χ1n) is 6.33. The van der Waals surface area contributed by atoms with Crippen LogP contribution in [-0.2, 0) is 0 Å². The van der Waals surface area contributed by atoms with Crippen molar-refractivity contribution in [3.63, 3.8) is 0 Å². The van der Waals surface area contributed by atoms with Gasteiger partial charge in [-0.25, -0.2) is 0 Å². The van der Waals surface area contributed by atoms with Crippen LogP contribution in [0.3, 0.4) is 0 Å². The molecule has 1 unspecified atom stereocenters. The highest BCUT2D eigenvalue weighted by Gasteiger charge is 2.17. The number of rotatable bonds is 6. The molecule has 1 saturated heterocycles. The van der Waals surface area contributed by atoms with Crippen LogP contribution in [-0.4, -0.2) is 48.1 Å². The van der Waals surface area contributed by atoms with E-state index < -0.39 is 0 Å². The zero-order chi connectivity index (χ0) is 11.1. The van der Waals surface area contributed by atoms with Gasteiger partial charge in [-0.1, -0.05) is 13.8 Å². The molecule has 0 spiro atoms. The fourth-order valence-corrected chi connectivity index (χ4v) is 3.17. The van der Waals surface area contributed by atoms with Gasteiger partial charge in [0.1, 0.15) is 0 Å². The molecule has 1 atom stereocenters. The summed E-state index contributed by atoms with van der Waals surface area (Å²) >= 11 is 2.09. The van der Waals surface area contributed by atoms with Gasteiger partial charge in [-0.2, -0.15) is 11.8 Å². The molecule has 0 amide bonds. The lowest BCUT2D eigenvalue weighted by atomic mass is 10.2. The highest BCUT2D eigenvalue weighted by Crippen LogP contribution is 2.14. The van der Waals surface area contributed by atoms with Crippen molar-refractivity contribution in [3.05, 3.63) is 0 Å². The number of nitrogens with one attached hydrogen (secondary N) is 1. The van der Waals surface area contributed by atoms with Gasteiger partial charge in [0.25, 0.3) is 0 Å². The first kappa shape index (κ1) is 13.3. The van der Waals surface area contributed by atoms with Crippen LogP contribution in [0.4, 0.5) is 0 Å². The lowest BCUT2D eigenvalue weighted by Gasteiger charge is -2.33. The van der Waals surface area contributed by atoms with Crippen LogP contribution in [0.1, 0.15) is 33.6 Å². The molecule has 0 saturated carbocycles. The van der Waals surface area contributed by atoms with E-state index in [1.54, 1.807) is 0 Å². The van der Waals surface area contributed by atoms with E-state index in [0.717, 1.165) is 18.6 Å². The van der Waals surface area contributed by atoms with E-state index in [1.807, 2.05) is 0 Å². The topological polar surface area (TPSA) is 15.3 Å². The van der Waals surface area contributed by atoms with Crippen LogP contribution >= 0.6 is 11.8 Å². The van der Waals surface area contributed by atoms with Crippen molar-refractivity contribution in [2.24, 2.45) is 0 Å². The third kappa shape index (κ3) is 4.75.